The highest BCUT2D eigenvalue weighted by Crippen LogP contribution is 2.31. The van der Waals surface area contributed by atoms with Crippen LogP contribution in [0.5, 0.6) is 0 Å². The fourth-order valence-corrected chi connectivity index (χ4v) is 2.52. The predicted octanol–water partition coefficient (Wildman–Crippen LogP) is 4.39. The van der Waals surface area contributed by atoms with Crippen LogP contribution in [0.2, 0.25) is 5.02 Å². The van der Waals surface area contributed by atoms with Gasteiger partial charge in [-0.1, -0.05) is 28.9 Å². The summed E-state index contributed by atoms with van der Waals surface area (Å²) in [4.78, 5) is 8.92. The number of halogens is 1. The second-order valence-corrected chi connectivity index (χ2v) is 6.04. The zero-order chi connectivity index (χ0) is 14.9. The van der Waals surface area contributed by atoms with E-state index in [1.54, 1.807) is 6.08 Å². The minimum absolute atomic E-state index is 0.517. The van der Waals surface area contributed by atoms with Crippen molar-refractivity contribution in [2.45, 2.75) is 19.3 Å². The summed E-state index contributed by atoms with van der Waals surface area (Å²) >= 11 is 6.00. The van der Waals surface area contributed by atoms with Gasteiger partial charge in [-0.2, -0.15) is 4.98 Å². The second kappa shape index (κ2) is 5.54. The van der Waals surface area contributed by atoms with E-state index >= 15 is 0 Å². The summed E-state index contributed by atoms with van der Waals surface area (Å²) in [5.41, 5.74) is 1.70. The Morgan fingerprint density at radius 2 is 2.00 bits per heavy atom. The number of hydrogen-bond acceptors (Lipinski definition) is 4. The summed E-state index contributed by atoms with van der Waals surface area (Å²) in [6, 6.07) is 9.65. The van der Waals surface area contributed by atoms with Crippen molar-refractivity contribution < 1.29 is 4.52 Å². The third-order valence-electron chi connectivity index (χ3n) is 3.72. The van der Waals surface area contributed by atoms with Gasteiger partial charge in [0.1, 0.15) is 0 Å². The average Bonchev–Trinajstić information content (AvgIpc) is 3.21. The zero-order valence-corrected chi connectivity index (χ0v) is 12.6. The molecule has 1 aliphatic rings. The highest BCUT2D eigenvalue weighted by molar-refractivity contribution is 6.31. The van der Waals surface area contributed by atoms with Crippen LogP contribution in [-0.4, -0.2) is 15.1 Å². The summed E-state index contributed by atoms with van der Waals surface area (Å²) < 4.78 is 5.22. The molecule has 0 aliphatic heterocycles. The lowest BCUT2D eigenvalue weighted by Gasteiger charge is -1.99. The normalized spacial score (nSPS) is 15.0. The van der Waals surface area contributed by atoms with Gasteiger partial charge in [0.15, 0.2) is 5.82 Å². The Morgan fingerprint density at radius 3 is 2.86 bits per heavy atom. The quantitative estimate of drug-likeness (QED) is 0.717. The molecule has 0 spiro atoms. The standard InChI is InChI=1S/C17H14ClN3O/c18-13-5-3-12-4-6-14(19-15(12)10-13)7-8-17-20-16(21-22-17)9-11-1-2-11/h3-8,10-11H,1-2,9H2/b8-7+. The van der Waals surface area contributed by atoms with Crippen molar-refractivity contribution in [1.29, 1.82) is 0 Å². The lowest BCUT2D eigenvalue weighted by molar-refractivity contribution is 0.402. The van der Waals surface area contributed by atoms with E-state index in [1.807, 2.05) is 36.4 Å². The Kier molecular flexibility index (Phi) is 3.39. The van der Waals surface area contributed by atoms with Crippen molar-refractivity contribution in [3.63, 3.8) is 0 Å². The number of hydrogen-bond donors (Lipinski definition) is 0. The van der Waals surface area contributed by atoms with E-state index in [1.165, 1.54) is 12.8 Å². The SMILES string of the molecule is Clc1ccc2ccc(/C=C/c3nc(CC4CC4)no3)nc2c1. The summed E-state index contributed by atoms with van der Waals surface area (Å²) in [6.07, 6.45) is 7.15. The fourth-order valence-electron chi connectivity index (χ4n) is 2.35. The first-order valence-electron chi connectivity index (χ1n) is 7.33. The molecule has 0 radical (unpaired) electrons. The number of rotatable bonds is 4. The molecule has 0 amide bonds. The van der Waals surface area contributed by atoms with Crippen LogP contribution in [0.15, 0.2) is 34.9 Å². The summed E-state index contributed by atoms with van der Waals surface area (Å²) in [5, 5.41) is 5.74. The highest BCUT2D eigenvalue weighted by Gasteiger charge is 2.23. The first-order valence-corrected chi connectivity index (χ1v) is 7.71. The van der Waals surface area contributed by atoms with Crippen LogP contribution >= 0.6 is 11.6 Å². The van der Waals surface area contributed by atoms with Crippen molar-refractivity contribution >= 4 is 34.7 Å². The van der Waals surface area contributed by atoms with Gasteiger partial charge in [-0.05, 0) is 43.0 Å². The maximum atomic E-state index is 6.00. The summed E-state index contributed by atoms with van der Waals surface area (Å²) in [6.45, 7) is 0. The minimum atomic E-state index is 0.517. The largest absolute Gasteiger partial charge is 0.335 e. The summed E-state index contributed by atoms with van der Waals surface area (Å²) in [7, 11) is 0. The molecule has 1 fully saturated rings. The molecular weight excluding hydrogens is 298 g/mol. The number of fused-ring (bicyclic) bond motifs is 1. The van der Waals surface area contributed by atoms with Crippen LogP contribution in [0.25, 0.3) is 23.1 Å². The van der Waals surface area contributed by atoms with E-state index in [0.717, 1.165) is 34.8 Å². The van der Waals surface area contributed by atoms with Gasteiger partial charge in [0.05, 0.1) is 11.2 Å². The maximum absolute atomic E-state index is 6.00. The molecule has 0 N–H and O–H groups in total. The molecule has 5 heteroatoms. The first kappa shape index (κ1) is 13.5. The van der Waals surface area contributed by atoms with Gasteiger partial charge < -0.3 is 4.52 Å². The molecule has 2 aromatic heterocycles. The number of aromatic nitrogens is 3. The number of benzene rings is 1. The van der Waals surface area contributed by atoms with Crippen molar-refractivity contribution in [3.8, 4) is 0 Å². The molecule has 1 saturated carbocycles. The van der Waals surface area contributed by atoms with Gasteiger partial charge in [0, 0.05) is 22.9 Å². The topological polar surface area (TPSA) is 51.8 Å². The Balaban J connectivity index is 1.55. The molecule has 1 aliphatic carbocycles. The number of pyridine rings is 1. The van der Waals surface area contributed by atoms with E-state index in [4.69, 9.17) is 16.1 Å². The van der Waals surface area contributed by atoms with Crippen LogP contribution in [0.3, 0.4) is 0 Å². The molecule has 0 unspecified atom stereocenters. The smallest absolute Gasteiger partial charge is 0.250 e. The Bertz CT molecular complexity index is 852. The maximum Gasteiger partial charge on any atom is 0.250 e. The summed E-state index contributed by atoms with van der Waals surface area (Å²) in [5.74, 6) is 2.06. The van der Waals surface area contributed by atoms with Crippen LogP contribution in [0.1, 0.15) is 30.3 Å². The molecule has 2 heterocycles. The molecule has 110 valence electrons. The Morgan fingerprint density at radius 1 is 1.14 bits per heavy atom. The zero-order valence-electron chi connectivity index (χ0n) is 11.9. The molecule has 4 rings (SSSR count). The molecule has 1 aromatic carbocycles. The van der Waals surface area contributed by atoms with E-state index < -0.39 is 0 Å². The lowest BCUT2D eigenvalue weighted by atomic mass is 10.2. The van der Waals surface area contributed by atoms with Gasteiger partial charge in [-0.3, -0.25) is 0 Å². The van der Waals surface area contributed by atoms with Gasteiger partial charge >= 0.3 is 0 Å². The molecule has 22 heavy (non-hydrogen) atoms. The third-order valence-corrected chi connectivity index (χ3v) is 3.96. The van der Waals surface area contributed by atoms with Crippen molar-refractivity contribution in [2.75, 3.05) is 0 Å². The van der Waals surface area contributed by atoms with Gasteiger partial charge in [-0.25, -0.2) is 4.98 Å². The average molecular weight is 312 g/mol. The van der Waals surface area contributed by atoms with Gasteiger partial charge in [0.2, 0.25) is 0 Å². The lowest BCUT2D eigenvalue weighted by Crippen LogP contribution is -1.89. The molecule has 3 aromatic rings. The first-order chi connectivity index (χ1) is 10.8. The van der Waals surface area contributed by atoms with Crippen molar-refractivity contribution in [3.05, 3.63) is 52.8 Å². The van der Waals surface area contributed by atoms with E-state index in [9.17, 15) is 0 Å². The molecule has 0 atom stereocenters. The van der Waals surface area contributed by atoms with Crippen LogP contribution in [-0.2, 0) is 6.42 Å². The van der Waals surface area contributed by atoms with Crippen LogP contribution < -0.4 is 0 Å². The van der Waals surface area contributed by atoms with Gasteiger partial charge in [0.25, 0.3) is 5.89 Å². The van der Waals surface area contributed by atoms with E-state index in [2.05, 4.69) is 15.1 Å². The monoisotopic (exact) mass is 311 g/mol. The second-order valence-electron chi connectivity index (χ2n) is 5.60. The van der Waals surface area contributed by atoms with Crippen LogP contribution in [0.4, 0.5) is 0 Å². The van der Waals surface area contributed by atoms with E-state index in [-0.39, 0.29) is 0 Å². The van der Waals surface area contributed by atoms with Crippen molar-refractivity contribution in [1.82, 2.24) is 15.1 Å². The molecular formula is C17H14ClN3O. The molecule has 0 saturated heterocycles. The highest BCUT2D eigenvalue weighted by atomic mass is 35.5. The van der Waals surface area contributed by atoms with Gasteiger partial charge in [-0.15, -0.1) is 0 Å². The van der Waals surface area contributed by atoms with E-state index in [0.29, 0.717) is 10.9 Å². The minimum Gasteiger partial charge on any atom is -0.335 e. The fraction of sp³-hybridized carbons (Fsp3) is 0.235. The predicted molar refractivity (Wildman–Crippen MR) is 86.4 cm³/mol. The van der Waals surface area contributed by atoms with Crippen molar-refractivity contribution in [2.24, 2.45) is 5.92 Å². The molecule has 0 bridgehead atoms. The Labute approximate surface area is 132 Å². The Hall–Kier alpha value is -2.20. The van der Waals surface area contributed by atoms with Crippen LogP contribution in [0, 0.1) is 5.92 Å². The third kappa shape index (κ3) is 3.02. The molecule has 4 nitrogen and oxygen atoms in total. The number of nitrogens with zero attached hydrogens (tertiary/aromatic N) is 3.